The minimum Gasteiger partial charge on any atom is -0.498 e. The Bertz CT molecular complexity index is 363. The highest BCUT2D eigenvalue weighted by molar-refractivity contribution is 5.92. The molecule has 82 valence electrons. The minimum atomic E-state index is -1.18. The van der Waals surface area contributed by atoms with Crippen LogP contribution in [0.15, 0.2) is 11.8 Å². The van der Waals surface area contributed by atoms with Crippen LogP contribution in [0, 0.1) is 11.8 Å². The Kier molecular flexibility index (Phi) is 1.55. The van der Waals surface area contributed by atoms with E-state index >= 15 is 0 Å². The monoisotopic (exact) mass is 212 g/mol. The van der Waals surface area contributed by atoms with E-state index < -0.39 is 29.7 Å². The fraction of sp³-hybridized carbons (Fsp3) is 0.700. The first-order valence-corrected chi connectivity index (χ1v) is 4.99. The molecule has 2 heterocycles. The van der Waals surface area contributed by atoms with Crippen LogP contribution in [0.2, 0.25) is 0 Å². The first-order chi connectivity index (χ1) is 7.05. The minimum absolute atomic E-state index is 0.104. The van der Waals surface area contributed by atoms with Crippen molar-refractivity contribution in [2.75, 3.05) is 6.61 Å². The fourth-order valence-corrected chi connectivity index (χ4v) is 2.86. The summed E-state index contributed by atoms with van der Waals surface area (Å²) >= 11 is 0. The summed E-state index contributed by atoms with van der Waals surface area (Å²) in [5.41, 5.74) is -0.836. The van der Waals surface area contributed by atoms with E-state index in [1.807, 2.05) is 0 Å². The summed E-state index contributed by atoms with van der Waals surface area (Å²) in [4.78, 5) is 11.4. The number of aliphatic hydroxyl groups excluding tert-OH is 1. The van der Waals surface area contributed by atoms with Gasteiger partial charge in [0.1, 0.15) is 18.3 Å². The van der Waals surface area contributed by atoms with Gasteiger partial charge in [-0.2, -0.15) is 0 Å². The second-order valence-corrected chi connectivity index (χ2v) is 4.50. The summed E-state index contributed by atoms with van der Waals surface area (Å²) in [6, 6.07) is 0. The SMILES string of the molecule is CC1C(O)C2OC(=O)C3=COCC1(O)C32. The zero-order valence-corrected chi connectivity index (χ0v) is 8.21. The van der Waals surface area contributed by atoms with Gasteiger partial charge in [-0.25, -0.2) is 4.79 Å². The summed E-state index contributed by atoms with van der Waals surface area (Å²) < 4.78 is 10.1. The van der Waals surface area contributed by atoms with E-state index in [1.54, 1.807) is 6.92 Å². The largest absolute Gasteiger partial charge is 0.498 e. The summed E-state index contributed by atoms with van der Waals surface area (Å²) in [6.45, 7) is 1.84. The molecule has 2 N–H and O–H groups in total. The second-order valence-electron chi connectivity index (χ2n) is 4.50. The van der Waals surface area contributed by atoms with Gasteiger partial charge in [0.2, 0.25) is 0 Å². The van der Waals surface area contributed by atoms with Crippen LogP contribution in [-0.2, 0) is 14.3 Å². The number of rotatable bonds is 0. The van der Waals surface area contributed by atoms with E-state index in [2.05, 4.69) is 0 Å². The van der Waals surface area contributed by atoms with Gasteiger partial charge in [-0.1, -0.05) is 6.92 Å². The average molecular weight is 212 g/mol. The van der Waals surface area contributed by atoms with Crippen molar-refractivity contribution in [3.63, 3.8) is 0 Å². The third kappa shape index (κ3) is 0.879. The van der Waals surface area contributed by atoms with E-state index in [0.29, 0.717) is 5.57 Å². The third-order valence-corrected chi connectivity index (χ3v) is 3.84. The van der Waals surface area contributed by atoms with Crippen molar-refractivity contribution < 1.29 is 24.5 Å². The number of hydrogen-bond acceptors (Lipinski definition) is 5. The molecule has 5 atom stereocenters. The molecule has 3 rings (SSSR count). The zero-order chi connectivity index (χ0) is 10.8. The van der Waals surface area contributed by atoms with Crippen LogP contribution in [0.5, 0.6) is 0 Å². The first kappa shape index (κ1) is 9.18. The molecule has 1 saturated carbocycles. The van der Waals surface area contributed by atoms with Crippen molar-refractivity contribution in [1.82, 2.24) is 0 Å². The highest BCUT2D eigenvalue weighted by atomic mass is 16.6. The Morgan fingerprint density at radius 1 is 1.60 bits per heavy atom. The topological polar surface area (TPSA) is 76.0 Å². The summed E-state index contributed by atoms with van der Waals surface area (Å²) in [6.07, 6.45) is -0.101. The highest BCUT2D eigenvalue weighted by Gasteiger charge is 2.66. The molecule has 2 fully saturated rings. The van der Waals surface area contributed by atoms with E-state index in [1.165, 1.54) is 6.26 Å². The zero-order valence-electron chi connectivity index (χ0n) is 8.21. The van der Waals surface area contributed by atoms with Crippen LogP contribution in [-0.4, -0.2) is 40.6 Å². The van der Waals surface area contributed by atoms with Gasteiger partial charge in [0.25, 0.3) is 0 Å². The van der Waals surface area contributed by atoms with Gasteiger partial charge in [-0.05, 0) is 0 Å². The number of hydrogen-bond donors (Lipinski definition) is 2. The summed E-state index contributed by atoms with van der Waals surface area (Å²) in [7, 11) is 0. The molecule has 2 aliphatic heterocycles. The van der Waals surface area contributed by atoms with Crippen LogP contribution in [0.1, 0.15) is 6.92 Å². The van der Waals surface area contributed by atoms with Crippen molar-refractivity contribution in [2.24, 2.45) is 11.8 Å². The maximum atomic E-state index is 11.4. The van der Waals surface area contributed by atoms with Gasteiger partial charge in [-0.15, -0.1) is 0 Å². The molecule has 0 amide bonds. The number of aliphatic hydroxyl groups is 2. The van der Waals surface area contributed by atoms with Crippen LogP contribution >= 0.6 is 0 Å². The Labute approximate surface area is 86.3 Å². The summed E-state index contributed by atoms with van der Waals surface area (Å²) in [5.74, 6) is -1.29. The molecule has 0 aromatic heterocycles. The molecule has 1 aliphatic carbocycles. The molecular weight excluding hydrogens is 200 g/mol. The fourth-order valence-electron chi connectivity index (χ4n) is 2.86. The first-order valence-electron chi connectivity index (χ1n) is 4.99. The Morgan fingerprint density at radius 3 is 3.07 bits per heavy atom. The predicted octanol–water partition coefficient (Wildman–Crippen LogP) is -0.816. The maximum Gasteiger partial charge on any atom is 0.338 e. The lowest BCUT2D eigenvalue weighted by molar-refractivity contribution is -0.144. The number of carbonyl (C=O) groups is 1. The molecule has 1 saturated heterocycles. The van der Waals surface area contributed by atoms with E-state index in [4.69, 9.17) is 9.47 Å². The molecule has 0 bridgehead atoms. The highest BCUT2D eigenvalue weighted by Crippen LogP contribution is 2.51. The standard InChI is InChI=1S/C10H12O5/c1-4-7(11)8-6-5(9(12)15-8)2-14-3-10(4,6)13/h2,4,6-8,11,13H,3H2,1H3. The third-order valence-electron chi connectivity index (χ3n) is 3.84. The molecule has 0 spiro atoms. The van der Waals surface area contributed by atoms with Gasteiger partial charge < -0.3 is 19.7 Å². The van der Waals surface area contributed by atoms with E-state index in [9.17, 15) is 15.0 Å². The lowest BCUT2D eigenvalue weighted by Crippen LogP contribution is -2.47. The smallest absolute Gasteiger partial charge is 0.338 e. The van der Waals surface area contributed by atoms with Gasteiger partial charge in [0, 0.05) is 5.92 Å². The lowest BCUT2D eigenvalue weighted by Gasteiger charge is -2.34. The van der Waals surface area contributed by atoms with Crippen molar-refractivity contribution in [3.8, 4) is 0 Å². The molecule has 0 radical (unpaired) electrons. The van der Waals surface area contributed by atoms with Crippen molar-refractivity contribution in [2.45, 2.75) is 24.7 Å². The normalized spacial score (nSPS) is 51.9. The Hall–Kier alpha value is -1.07. The van der Waals surface area contributed by atoms with Gasteiger partial charge >= 0.3 is 5.97 Å². The van der Waals surface area contributed by atoms with E-state index in [-0.39, 0.29) is 12.5 Å². The molecule has 5 nitrogen and oxygen atoms in total. The van der Waals surface area contributed by atoms with Gasteiger partial charge in [0.05, 0.1) is 23.9 Å². The molecular formula is C10H12O5. The average Bonchev–Trinajstić information content (AvgIpc) is 2.63. The van der Waals surface area contributed by atoms with E-state index in [0.717, 1.165) is 0 Å². The molecule has 0 aromatic rings. The molecule has 5 heteroatoms. The lowest BCUT2D eigenvalue weighted by atomic mass is 9.81. The Balaban J connectivity index is 2.13. The van der Waals surface area contributed by atoms with Crippen LogP contribution in [0.25, 0.3) is 0 Å². The molecule has 5 unspecified atom stereocenters. The summed E-state index contributed by atoms with van der Waals surface area (Å²) in [5, 5.41) is 20.3. The van der Waals surface area contributed by atoms with Crippen molar-refractivity contribution in [1.29, 1.82) is 0 Å². The predicted molar refractivity (Wildman–Crippen MR) is 47.5 cm³/mol. The molecule has 15 heavy (non-hydrogen) atoms. The van der Waals surface area contributed by atoms with Crippen LogP contribution in [0.4, 0.5) is 0 Å². The Morgan fingerprint density at radius 2 is 2.33 bits per heavy atom. The van der Waals surface area contributed by atoms with Gasteiger partial charge in [-0.3, -0.25) is 0 Å². The number of ether oxygens (including phenoxy) is 2. The van der Waals surface area contributed by atoms with Gasteiger partial charge in [0.15, 0.2) is 0 Å². The van der Waals surface area contributed by atoms with Crippen LogP contribution in [0.3, 0.4) is 0 Å². The van der Waals surface area contributed by atoms with Crippen molar-refractivity contribution in [3.05, 3.63) is 11.8 Å². The van der Waals surface area contributed by atoms with Crippen molar-refractivity contribution >= 4 is 5.97 Å². The number of carbonyl (C=O) groups excluding carboxylic acids is 1. The van der Waals surface area contributed by atoms with Crippen LogP contribution < -0.4 is 0 Å². The molecule has 0 aromatic carbocycles. The quantitative estimate of drug-likeness (QED) is 0.513. The molecule has 3 aliphatic rings. The second kappa shape index (κ2) is 2.54. The number of esters is 1. The maximum absolute atomic E-state index is 11.4.